The van der Waals surface area contributed by atoms with Gasteiger partial charge in [-0.1, -0.05) is 17.0 Å². The van der Waals surface area contributed by atoms with Gasteiger partial charge in [-0.25, -0.2) is 4.98 Å². The Morgan fingerprint density at radius 3 is 2.71 bits per heavy atom. The SMILES string of the molecule is c1ccc2[nH]c(NC3CCN(CCNn4nccn4)CC3)nc2c1. The summed E-state index contributed by atoms with van der Waals surface area (Å²) in [7, 11) is 0. The summed E-state index contributed by atoms with van der Waals surface area (Å²) in [6.07, 6.45) is 5.58. The minimum atomic E-state index is 0.475. The molecule has 24 heavy (non-hydrogen) atoms. The van der Waals surface area contributed by atoms with Crippen LogP contribution in [0.2, 0.25) is 0 Å². The second kappa shape index (κ2) is 6.88. The first-order valence-electron chi connectivity index (χ1n) is 8.41. The second-order valence-electron chi connectivity index (χ2n) is 6.09. The number of fused-ring (bicyclic) bond motifs is 1. The molecular formula is C16H22N8. The van der Waals surface area contributed by atoms with E-state index in [4.69, 9.17) is 0 Å². The topological polar surface area (TPSA) is 86.7 Å². The Morgan fingerprint density at radius 1 is 1.12 bits per heavy atom. The van der Waals surface area contributed by atoms with Crippen LogP contribution in [0.5, 0.6) is 0 Å². The molecule has 1 aliphatic rings. The number of anilines is 1. The molecule has 0 amide bonds. The molecule has 1 aromatic carbocycles. The van der Waals surface area contributed by atoms with Gasteiger partial charge in [0.1, 0.15) is 0 Å². The number of piperidine rings is 1. The van der Waals surface area contributed by atoms with Crippen LogP contribution in [0.1, 0.15) is 12.8 Å². The number of rotatable bonds is 6. The number of imidazole rings is 1. The maximum atomic E-state index is 4.60. The molecule has 3 N–H and O–H groups in total. The Hall–Kier alpha value is -2.61. The zero-order chi connectivity index (χ0) is 16.2. The Bertz CT molecular complexity index is 724. The number of benzene rings is 1. The van der Waals surface area contributed by atoms with E-state index in [1.54, 1.807) is 12.4 Å². The van der Waals surface area contributed by atoms with Gasteiger partial charge >= 0.3 is 0 Å². The van der Waals surface area contributed by atoms with Crippen LogP contribution in [0.15, 0.2) is 36.7 Å². The predicted molar refractivity (Wildman–Crippen MR) is 93.4 cm³/mol. The average molecular weight is 326 g/mol. The van der Waals surface area contributed by atoms with E-state index in [-0.39, 0.29) is 0 Å². The fourth-order valence-electron chi connectivity index (χ4n) is 3.12. The van der Waals surface area contributed by atoms with Crippen LogP contribution < -0.4 is 10.7 Å². The van der Waals surface area contributed by atoms with Crippen molar-refractivity contribution in [2.24, 2.45) is 0 Å². The van der Waals surface area contributed by atoms with Gasteiger partial charge in [0.25, 0.3) is 0 Å². The van der Waals surface area contributed by atoms with Gasteiger partial charge in [-0.05, 0) is 25.0 Å². The highest BCUT2D eigenvalue weighted by Crippen LogP contribution is 2.17. The Balaban J connectivity index is 1.22. The summed E-state index contributed by atoms with van der Waals surface area (Å²) in [5.74, 6) is 0.876. The van der Waals surface area contributed by atoms with E-state index in [1.807, 2.05) is 18.2 Å². The maximum absolute atomic E-state index is 4.60. The molecule has 1 fully saturated rings. The fourth-order valence-corrected chi connectivity index (χ4v) is 3.12. The third-order valence-electron chi connectivity index (χ3n) is 4.42. The van der Waals surface area contributed by atoms with Crippen LogP contribution >= 0.6 is 0 Å². The number of likely N-dealkylation sites (tertiary alicyclic amines) is 1. The number of aromatic nitrogens is 5. The highest BCUT2D eigenvalue weighted by atomic mass is 15.7. The summed E-state index contributed by atoms with van der Waals surface area (Å²) < 4.78 is 0. The molecule has 0 saturated carbocycles. The van der Waals surface area contributed by atoms with Crippen LogP contribution in [-0.2, 0) is 0 Å². The van der Waals surface area contributed by atoms with Gasteiger partial charge in [-0.3, -0.25) is 5.43 Å². The van der Waals surface area contributed by atoms with Crippen LogP contribution in [-0.4, -0.2) is 62.2 Å². The Morgan fingerprint density at radius 2 is 1.92 bits per heavy atom. The molecule has 126 valence electrons. The van der Waals surface area contributed by atoms with Crippen molar-refractivity contribution in [1.29, 1.82) is 0 Å². The summed E-state index contributed by atoms with van der Waals surface area (Å²) in [6.45, 7) is 4.02. The fraction of sp³-hybridized carbons (Fsp3) is 0.438. The number of nitrogens with one attached hydrogen (secondary N) is 3. The van der Waals surface area contributed by atoms with Crippen molar-refractivity contribution in [2.75, 3.05) is 36.9 Å². The summed E-state index contributed by atoms with van der Waals surface area (Å²) in [5.41, 5.74) is 5.25. The highest BCUT2D eigenvalue weighted by molar-refractivity contribution is 5.77. The number of aromatic amines is 1. The zero-order valence-electron chi connectivity index (χ0n) is 13.5. The van der Waals surface area contributed by atoms with Crippen molar-refractivity contribution >= 4 is 17.0 Å². The zero-order valence-corrected chi connectivity index (χ0v) is 13.5. The van der Waals surface area contributed by atoms with Crippen LogP contribution in [0.4, 0.5) is 5.95 Å². The number of H-pyrrole nitrogens is 1. The first kappa shape index (κ1) is 14.9. The van der Waals surface area contributed by atoms with Crippen molar-refractivity contribution in [3.8, 4) is 0 Å². The molecular weight excluding hydrogens is 304 g/mol. The molecule has 3 heterocycles. The lowest BCUT2D eigenvalue weighted by Gasteiger charge is -2.32. The quantitative estimate of drug-likeness (QED) is 0.632. The molecule has 0 atom stereocenters. The standard InChI is InChI=1S/C16H22N8/c1-2-4-15-14(3-1)21-16(22-15)20-13-5-10-23(11-6-13)12-9-19-24-17-7-8-18-24/h1-4,7-8,13,19H,5-6,9-12H2,(H2,20,21,22). The number of hydrogen-bond donors (Lipinski definition) is 3. The van der Waals surface area contributed by atoms with Crippen LogP contribution in [0.25, 0.3) is 11.0 Å². The van der Waals surface area contributed by atoms with Crippen molar-refractivity contribution in [2.45, 2.75) is 18.9 Å². The normalized spacial score (nSPS) is 16.5. The van der Waals surface area contributed by atoms with Crippen LogP contribution in [0, 0.1) is 0 Å². The molecule has 1 aliphatic heterocycles. The van der Waals surface area contributed by atoms with Gasteiger partial charge < -0.3 is 15.2 Å². The smallest absolute Gasteiger partial charge is 0.201 e. The molecule has 1 saturated heterocycles. The molecule has 4 rings (SSSR count). The highest BCUT2D eigenvalue weighted by Gasteiger charge is 2.19. The molecule has 0 radical (unpaired) electrons. The largest absolute Gasteiger partial charge is 0.353 e. The third kappa shape index (κ3) is 3.48. The minimum Gasteiger partial charge on any atom is -0.353 e. The van der Waals surface area contributed by atoms with Gasteiger partial charge in [-0.2, -0.15) is 0 Å². The molecule has 0 aliphatic carbocycles. The maximum Gasteiger partial charge on any atom is 0.201 e. The molecule has 0 unspecified atom stereocenters. The number of hydrogen-bond acceptors (Lipinski definition) is 6. The first-order valence-corrected chi connectivity index (χ1v) is 8.41. The second-order valence-corrected chi connectivity index (χ2v) is 6.09. The van der Waals surface area contributed by atoms with E-state index < -0.39 is 0 Å². The van der Waals surface area contributed by atoms with Crippen molar-refractivity contribution in [3.63, 3.8) is 0 Å². The summed E-state index contributed by atoms with van der Waals surface area (Å²) in [6, 6.07) is 8.59. The number of nitrogens with zero attached hydrogens (tertiary/aromatic N) is 5. The molecule has 3 aromatic rings. The van der Waals surface area contributed by atoms with Crippen LogP contribution in [0.3, 0.4) is 0 Å². The minimum absolute atomic E-state index is 0.475. The van der Waals surface area contributed by atoms with Crippen molar-refractivity contribution in [3.05, 3.63) is 36.7 Å². The Kier molecular flexibility index (Phi) is 4.28. The molecule has 0 spiro atoms. The van der Waals surface area contributed by atoms with E-state index in [0.29, 0.717) is 6.04 Å². The van der Waals surface area contributed by atoms with Gasteiger partial charge in [0, 0.05) is 32.2 Å². The molecule has 2 aromatic heterocycles. The van der Waals surface area contributed by atoms with Gasteiger partial charge in [0.2, 0.25) is 5.95 Å². The molecule has 0 bridgehead atoms. The van der Waals surface area contributed by atoms with E-state index in [0.717, 1.165) is 56.0 Å². The van der Waals surface area contributed by atoms with E-state index in [2.05, 4.69) is 41.9 Å². The Labute approximate surface area is 140 Å². The van der Waals surface area contributed by atoms with Crippen molar-refractivity contribution < 1.29 is 0 Å². The molecule has 8 nitrogen and oxygen atoms in total. The third-order valence-corrected chi connectivity index (χ3v) is 4.42. The summed E-state index contributed by atoms with van der Waals surface area (Å²) in [5, 5.41) is 11.6. The number of para-hydroxylation sites is 2. The van der Waals surface area contributed by atoms with Gasteiger partial charge in [0.15, 0.2) is 0 Å². The summed E-state index contributed by atoms with van der Waals surface area (Å²) >= 11 is 0. The monoisotopic (exact) mass is 326 g/mol. The first-order chi connectivity index (χ1) is 11.9. The summed E-state index contributed by atoms with van der Waals surface area (Å²) in [4.78, 5) is 11.9. The molecule has 8 heteroatoms. The lowest BCUT2D eigenvalue weighted by Crippen LogP contribution is -2.42. The van der Waals surface area contributed by atoms with Gasteiger partial charge in [-0.15, -0.1) is 10.2 Å². The lowest BCUT2D eigenvalue weighted by molar-refractivity contribution is 0.224. The average Bonchev–Trinajstić information content (AvgIpc) is 3.25. The van der Waals surface area contributed by atoms with Gasteiger partial charge in [0.05, 0.1) is 23.4 Å². The van der Waals surface area contributed by atoms with E-state index in [9.17, 15) is 0 Å². The van der Waals surface area contributed by atoms with Crippen molar-refractivity contribution in [1.82, 2.24) is 30.0 Å². The predicted octanol–water partition coefficient (Wildman–Crippen LogP) is 1.27. The van der Waals surface area contributed by atoms with E-state index in [1.165, 1.54) is 4.91 Å². The lowest BCUT2D eigenvalue weighted by atomic mass is 10.1. The van der Waals surface area contributed by atoms with E-state index >= 15 is 0 Å².